The molecule has 0 spiro atoms. The lowest BCUT2D eigenvalue weighted by molar-refractivity contribution is -0.645. The van der Waals surface area contributed by atoms with Gasteiger partial charge in [-0.15, -0.1) is 0 Å². The number of rotatable bonds is 8. The molecule has 3 N–H and O–H groups in total. The molecule has 0 radical (unpaired) electrons. The third kappa shape index (κ3) is 5.24. The third-order valence-corrected chi connectivity index (χ3v) is 6.98. The van der Waals surface area contributed by atoms with Gasteiger partial charge in [-0.25, -0.2) is 9.59 Å². The first kappa shape index (κ1) is 26.8. The molecule has 38 heavy (non-hydrogen) atoms. The number of carboxylic acid groups (broad SMARTS) is 1. The molecule has 0 atom stereocenters. The van der Waals surface area contributed by atoms with Gasteiger partial charge in [-0.3, -0.25) is 4.55 Å². The number of hydrogen-bond donors (Lipinski definition) is 3. The Balaban J connectivity index is 1.96. The van der Waals surface area contributed by atoms with Gasteiger partial charge in [0.15, 0.2) is 12.3 Å². The van der Waals surface area contributed by atoms with E-state index < -0.39 is 27.8 Å². The van der Waals surface area contributed by atoms with Crippen LogP contribution in [-0.2, 0) is 16.7 Å². The van der Waals surface area contributed by atoms with Gasteiger partial charge in [0.2, 0.25) is 5.52 Å². The predicted octanol–water partition coefficient (Wildman–Crippen LogP) is 3.81. The summed E-state index contributed by atoms with van der Waals surface area (Å²) in [6.45, 7) is 3.44. The van der Waals surface area contributed by atoms with E-state index in [1.807, 2.05) is 0 Å². The Hall–Kier alpha value is -4.22. The van der Waals surface area contributed by atoms with E-state index in [1.54, 1.807) is 42.7 Å². The first-order chi connectivity index (χ1) is 17.9. The minimum Gasteiger partial charge on any atom is -0.508 e. The summed E-state index contributed by atoms with van der Waals surface area (Å²) >= 11 is 0. The lowest BCUT2D eigenvalue weighted by Gasteiger charge is -2.15. The van der Waals surface area contributed by atoms with Crippen LogP contribution in [0, 0.1) is 13.8 Å². The van der Waals surface area contributed by atoms with Gasteiger partial charge in [0.1, 0.15) is 11.5 Å². The van der Waals surface area contributed by atoms with Crippen LogP contribution in [0.15, 0.2) is 48.5 Å². The van der Waals surface area contributed by atoms with Crippen molar-refractivity contribution in [3.8, 4) is 17.2 Å². The molecule has 0 saturated heterocycles. The van der Waals surface area contributed by atoms with Gasteiger partial charge in [-0.2, -0.15) is 13.0 Å². The van der Waals surface area contributed by atoms with E-state index >= 15 is 0 Å². The third-order valence-electron chi connectivity index (χ3n) is 6.17. The molecule has 11 heteroatoms. The minimum atomic E-state index is -4.19. The molecular formula is C27H26NO9S+. The zero-order valence-corrected chi connectivity index (χ0v) is 21.7. The summed E-state index contributed by atoms with van der Waals surface area (Å²) in [4.78, 5) is 25.2. The molecule has 0 unspecified atom stereocenters. The van der Waals surface area contributed by atoms with Crippen molar-refractivity contribution in [2.24, 2.45) is 0 Å². The van der Waals surface area contributed by atoms with Crippen molar-refractivity contribution in [2.75, 3.05) is 12.9 Å². The summed E-state index contributed by atoms with van der Waals surface area (Å²) in [6, 6.07) is 12.5. The van der Waals surface area contributed by atoms with Crippen molar-refractivity contribution >= 4 is 43.9 Å². The number of esters is 1. The largest absolute Gasteiger partial charge is 0.508 e. The van der Waals surface area contributed by atoms with Gasteiger partial charge in [0, 0.05) is 18.6 Å². The second kappa shape index (κ2) is 10.3. The molecule has 4 rings (SSSR count). The smallest absolute Gasteiger partial charge is 0.345 e. The van der Waals surface area contributed by atoms with Crippen molar-refractivity contribution in [3.05, 3.63) is 70.8 Å². The maximum absolute atomic E-state index is 13.8. The van der Waals surface area contributed by atoms with Gasteiger partial charge in [0.05, 0.1) is 34.8 Å². The summed E-state index contributed by atoms with van der Waals surface area (Å²) in [5.74, 6) is -2.01. The maximum Gasteiger partial charge on any atom is 0.345 e. The molecule has 0 saturated carbocycles. The van der Waals surface area contributed by atoms with E-state index in [4.69, 9.17) is 9.47 Å². The molecule has 1 aromatic heterocycles. The number of phenols is 1. The quantitative estimate of drug-likeness (QED) is 0.0996. The van der Waals surface area contributed by atoms with Crippen molar-refractivity contribution in [1.29, 1.82) is 0 Å². The van der Waals surface area contributed by atoms with Crippen LogP contribution in [0.2, 0.25) is 0 Å². The Morgan fingerprint density at radius 3 is 2.26 bits per heavy atom. The highest BCUT2D eigenvalue weighted by molar-refractivity contribution is 7.85. The van der Waals surface area contributed by atoms with Gasteiger partial charge in [-0.05, 0) is 49.2 Å². The fraction of sp³-hybridized carbons (Fsp3) is 0.222. The fourth-order valence-corrected chi connectivity index (χ4v) is 5.13. The van der Waals surface area contributed by atoms with Crippen LogP contribution < -0.4 is 14.0 Å². The molecular weight excluding hydrogens is 514 g/mol. The molecule has 10 nitrogen and oxygen atoms in total. The lowest BCUT2D eigenvalue weighted by Crippen LogP contribution is -2.38. The van der Waals surface area contributed by atoms with Gasteiger partial charge >= 0.3 is 11.9 Å². The lowest BCUT2D eigenvalue weighted by atomic mass is 10.0. The zero-order valence-electron chi connectivity index (χ0n) is 20.9. The fourth-order valence-electron chi connectivity index (χ4n) is 4.64. The number of aryl methyl sites for hydroxylation is 3. The van der Waals surface area contributed by atoms with Crippen molar-refractivity contribution in [2.45, 2.75) is 26.8 Å². The van der Waals surface area contributed by atoms with E-state index in [2.05, 4.69) is 0 Å². The average molecular weight is 541 g/mol. The Morgan fingerprint density at radius 1 is 1.00 bits per heavy atom. The van der Waals surface area contributed by atoms with Crippen LogP contribution in [0.1, 0.15) is 38.3 Å². The number of para-hydroxylation sites is 1. The van der Waals surface area contributed by atoms with E-state index in [1.165, 1.54) is 31.4 Å². The SMILES string of the molecule is COc1cc(O)cc2c(C(=O)Oc3c(C)cc(C(=O)O)cc3C)c3ccccc3[n+](CCCS(=O)(=O)O)c12. The van der Waals surface area contributed by atoms with Gasteiger partial charge in [0.25, 0.3) is 15.6 Å². The number of aromatic hydroxyl groups is 1. The number of carbonyl (C=O) groups is 2. The van der Waals surface area contributed by atoms with Crippen LogP contribution in [-0.4, -0.2) is 48.0 Å². The summed E-state index contributed by atoms with van der Waals surface area (Å²) in [5, 5.41) is 20.6. The van der Waals surface area contributed by atoms with Crippen molar-refractivity contribution in [1.82, 2.24) is 0 Å². The molecule has 3 aromatic carbocycles. The summed E-state index contributed by atoms with van der Waals surface area (Å²) in [5.41, 5.74) is 2.11. The highest BCUT2D eigenvalue weighted by Gasteiger charge is 2.29. The normalized spacial score (nSPS) is 11.6. The number of nitrogens with zero attached hydrogens (tertiary/aromatic N) is 1. The molecule has 0 fully saturated rings. The number of hydrogen-bond acceptors (Lipinski definition) is 7. The summed E-state index contributed by atoms with van der Waals surface area (Å²) < 4.78 is 45.0. The van der Waals surface area contributed by atoms with Crippen LogP contribution >= 0.6 is 0 Å². The first-order valence-electron chi connectivity index (χ1n) is 11.6. The highest BCUT2D eigenvalue weighted by Crippen LogP contribution is 2.35. The number of fused-ring (bicyclic) bond motifs is 2. The number of carboxylic acids is 1. The predicted molar refractivity (Wildman–Crippen MR) is 139 cm³/mol. The summed E-state index contributed by atoms with van der Waals surface area (Å²) in [7, 11) is -2.79. The number of benzene rings is 3. The van der Waals surface area contributed by atoms with E-state index in [0.29, 0.717) is 32.9 Å². The van der Waals surface area contributed by atoms with Gasteiger partial charge in [-0.1, -0.05) is 12.1 Å². The number of carbonyl (C=O) groups excluding carboxylic acids is 1. The molecule has 4 aromatic rings. The number of aromatic carboxylic acids is 1. The average Bonchev–Trinajstić information content (AvgIpc) is 2.84. The second-order valence-corrected chi connectivity index (χ2v) is 10.4. The van der Waals surface area contributed by atoms with Crippen molar-refractivity contribution < 1.29 is 46.8 Å². The highest BCUT2D eigenvalue weighted by atomic mass is 32.2. The summed E-state index contributed by atoms with van der Waals surface area (Å²) in [6.07, 6.45) is 0.0741. The topological polar surface area (TPSA) is 151 Å². The molecule has 0 aliphatic heterocycles. The monoisotopic (exact) mass is 540 g/mol. The minimum absolute atomic E-state index is 0.0657. The Bertz CT molecular complexity index is 1690. The number of ether oxygens (including phenoxy) is 2. The van der Waals surface area contributed by atoms with E-state index in [-0.39, 0.29) is 41.3 Å². The molecule has 198 valence electrons. The molecule has 0 aliphatic rings. The number of phenolic OH excluding ortho intramolecular Hbond substituents is 1. The molecule has 0 amide bonds. The van der Waals surface area contributed by atoms with Crippen LogP contribution in [0.5, 0.6) is 17.2 Å². The number of methoxy groups -OCH3 is 1. The molecule has 1 heterocycles. The first-order valence-corrected chi connectivity index (χ1v) is 13.2. The Morgan fingerprint density at radius 2 is 1.66 bits per heavy atom. The van der Waals surface area contributed by atoms with Gasteiger partial charge < -0.3 is 19.7 Å². The Labute approximate surface area is 218 Å². The van der Waals surface area contributed by atoms with E-state index in [9.17, 15) is 32.8 Å². The maximum atomic E-state index is 13.8. The second-order valence-electron chi connectivity index (χ2n) is 8.86. The molecule has 0 bridgehead atoms. The van der Waals surface area contributed by atoms with Crippen molar-refractivity contribution in [3.63, 3.8) is 0 Å². The number of aromatic nitrogens is 1. The standard InChI is InChI=1S/C27H25NO9S/c1-15-11-17(26(30)31)12-16(2)25(15)37-27(32)23-19-7-4-5-8-21(19)28(9-6-10-38(33,34)35)24-20(23)13-18(29)14-22(24)36-3/h4-5,7-8,11-14H,6,9-10H2,1-3H3,(H2-,29,30,31,32,33,34,35)/p+1. The van der Waals surface area contributed by atoms with E-state index in [0.717, 1.165) is 0 Å². The Kier molecular flexibility index (Phi) is 7.25. The zero-order chi connectivity index (χ0) is 27.8. The van der Waals surface area contributed by atoms with Crippen LogP contribution in [0.3, 0.4) is 0 Å². The van der Waals surface area contributed by atoms with Crippen LogP contribution in [0.4, 0.5) is 0 Å². The molecule has 0 aliphatic carbocycles. The van der Waals surface area contributed by atoms with Crippen LogP contribution in [0.25, 0.3) is 21.8 Å². The number of pyridine rings is 1.